The van der Waals surface area contributed by atoms with Gasteiger partial charge < -0.3 is 14.8 Å². The first-order valence-electron chi connectivity index (χ1n) is 22.3. The Kier molecular flexibility index (Phi) is 7.94. The zero-order valence-corrected chi connectivity index (χ0v) is 40.9. The molecule has 0 bridgehead atoms. The van der Waals surface area contributed by atoms with E-state index in [0.29, 0.717) is 0 Å². The summed E-state index contributed by atoms with van der Waals surface area (Å²) >= 11 is 9.13. The van der Waals surface area contributed by atoms with Crippen LogP contribution in [0, 0.1) is 20.8 Å². The van der Waals surface area contributed by atoms with E-state index in [1.165, 1.54) is 119 Å². The van der Waals surface area contributed by atoms with Crippen LogP contribution in [0.15, 0.2) is 109 Å². The van der Waals surface area contributed by atoms with Crippen molar-refractivity contribution in [1.82, 2.24) is 0 Å². The van der Waals surface area contributed by atoms with Crippen molar-refractivity contribution in [1.29, 1.82) is 0 Å². The third kappa shape index (κ3) is 4.91. The van der Waals surface area contributed by atoms with Gasteiger partial charge in [-0.2, -0.15) is 0 Å². The van der Waals surface area contributed by atoms with Crippen LogP contribution in [0.3, 0.4) is 0 Å². The smallest absolute Gasteiger partial charge is 0.268 e. The molecule has 316 valence electrons. The van der Waals surface area contributed by atoms with Crippen molar-refractivity contribution < 1.29 is 9.47 Å². The highest BCUT2D eigenvalue weighted by molar-refractivity contribution is 8.01. The van der Waals surface area contributed by atoms with Crippen molar-refractivity contribution in [3.05, 3.63) is 126 Å². The highest BCUT2D eigenvalue weighted by Crippen LogP contribution is 2.48. The summed E-state index contributed by atoms with van der Waals surface area (Å²) < 4.78 is 26.5. The van der Waals surface area contributed by atoms with E-state index in [2.05, 4.69) is 167 Å². The number of rotatable bonds is 3. The predicted octanol–water partition coefficient (Wildman–Crippen LogP) is 9.05. The fraction of sp³-hybridized carbons (Fsp3) is 0.115. The Morgan fingerprint density at radius 3 is 1.52 bits per heavy atom. The molecule has 14 heteroatoms. The van der Waals surface area contributed by atoms with Gasteiger partial charge in [-0.1, -0.05) is 36.4 Å². The van der Waals surface area contributed by atoms with Crippen LogP contribution in [0.5, 0.6) is 23.0 Å². The average molecular weight is 943 g/mol. The first-order valence-corrected chi connectivity index (χ1v) is 27.5. The molecule has 0 amide bonds. The molecule has 6 aliphatic heterocycles. The Bertz CT molecular complexity index is 3720. The van der Waals surface area contributed by atoms with E-state index in [9.17, 15) is 0 Å². The summed E-state index contributed by atoms with van der Waals surface area (Å²) in [5.74, 6) is 3.92. The van der Waals surface area contributed by atoms with Crippen LogP contribution in [-0.2, 0) is 0 Å². The standard InChI is InChI=1S/C52H37B3N4O2S5/c1-25-15-35-46-42(19-25)60-49-28-11-7-9-13-44(28)65-51(49)54(46)30-21-31-36(23-34(30)56-35)57(62-4)39-16-26(2)17-40-47(39)53(31)32-22-33-38(24-37(32)58(40)63-5)59(64-6)41-18-27(3)20-43-48(41)55(33)52-50(61-43)29-12-8-10-14-45(29)66-52/h7-24,56H,1-6H3. The van der Waals surface area contributed by atoms with Gasteiger partial charge in [0.15, 0.2) is 0 Å². The molecular weight excluding hydrogens is 905 g/mol. The molecule has 8 heterocycles. The second kappa shape index (κ2) is 13.6. The Labute approximate surface area is 405 Å². The van der Waals surface area contributed by atoms with Crippen LogP contribution in [0.2, 0.25) is 0 Å². The Hall–Kier alpha value is -5.50. The molecule has 0 saturated carbocycles. The van der Waals surface area contributed by atoms with E-state index in [1.807, 2.05) is 22.7 Å². The number of anilines is 8. The number of thiophene rings is 2. The van der Waals surface area contributed by atoms with Crippen LogP contribution >= 0.6 is 58.5 Å². The van der Waals surface area contributed by atoms with E-state index < -0.39 is 0 Å². The molecule has 0 atom stereocenters. The van der Waals surface area contributed by atoms with Crippen molar-refractivity contribution in [3.63, 3.8) is 0 Å². The fourth-order valence-corrected chi connectivity index (χ4v) is 16.7. The van der Waals surface area contributed by atoms with E-state index in [0.717, 1.165) is 34.4 Å². The summed E-state index contributed by atoms with van der Waals surface area (Å²) in [6, 6.07) is 41.6. The van der Waals surface area contributed by atoms with E-state index in [-0.39, 0.29) is 20.1 Å². The molecule has 0 radical (unpaired) electrons. The summed E-state index contributed by atoms with van der Waals surface area (Å²) in [5.41, 5.74) is 22.5. The van der Waals surface area contributed by atoms with E-state index in [4.69, 9.17) is 9.47 Å². The minimum Gasteiger partial charge on any atom is -0.457 e. The fourth-order valence-electron chi connectivity index (χ4n) is 12.1. The van der Waals surface area contributed by atoms with Gasteiger partial charge in [0.2, 0.25) is 0 Å². The molecule has 6 aliphatic rings. The maximum atomic E-state index is 7.01. The number of aryl methyl sites for hydroxylation is 3. The molecule has 0 aliphatic carbocycles. The summed E-state index contributed by atoms with van der Waals surface area (Å²) in [6.07, 6.45) is 6.66. The number of hydrogen-bond acceptors (Lipinski definition) is 11. The molecular formula is C52H37B3N4O2S5. The summed E-state index contributed by atoms with van der Waals surface area (Å²) in [5, 5.41) is 6.35. The lowest BCUT2D eigenvalue weighted by Crippen LogP contribution is -2.65. The van der Waals surface area contributed by atoms with E-state index >= 15 is 0 Å². The SMILES string of the molecule is CSN1c2cc3c(cc2B2c4sc5ccccc5c4Oc4cc(C)cc1c42)B1c2cc4c(cc2N(SC)c2cc(C)cc(c21)N3SC)Nc1cc(C)cc2c1B4c1sc3ccccc3c1O2. The minimum absolute atomic E-state index is 0.0209. The Morgan fingerprint density at radius 1 is 0.455 bits per heavy atom. The normalized spacial score (nSPS) is 14.9. The highest BCUT2D eigenvalue weighted by Gasteiger charge is 2.50. The van der Waals surface area contributed by atoms with E-state index in [1.54, 1.807) is 35.8 Å². The second-order valence-electron chi connectivity index (χ2n) is 18.2. The molecule has 6 nitrogen and oxygen atoms in total. The summed E-state index contributed by atoms with van der Waals surface area (Å²) in [6.45, 7) is 6.64. The van der Waals surface area contributed by atoms with Crippen LogP contribution < -0.4 is 75.5 Å². The third-order valence-electron chi connectivity index (χ3n) is 14.5. The van der Waals surface area contributed by atoms with Gasteiger partial charge in [-0.05, 0) is 184 Å². The van der Waals surface area contributed by atoms with Crippen molar-refractivity contribution in [2.45, 2.75) is 20.8 Å². The molecule has 1 N–H and O–H groups in total. The molecule has 0 spiro atoms. The van der Waals surface area contributed by atoms with Gasteiger partial charge in [-0.3, -0.25) is 12.9 Å². The molecule has 0 saturated heterocycles. The van der Waals surface area contributed by atoms with Crippen LogP contribution in [0.25, 0.3) is 20.2 Å². The molecule has 9 aromatic rings. The first kappa shape index (κ1) is 38.6. The van der Waals surface area contributed by atoms with Gasteiger partial charge in [-0.25, -0.2) is 0 Å². The predicted molar refractivity (Wildman–Crippen MR) is 294 cm³/mol. The van der Waals surface area contributed by atoms with Gasteiger partial charge in [-0.15, -0.1) is 22.7 Å². The largest absolute Gasteiger partial charge is 0.457 e. The zero-order valence-electron chi connectivity index (χ0n) is 36.8. The van der Waals surface area contributed by atoms with Crippen molar-refractivity contribution in [2.24, 2.45) is 0 Å². The summed E-state index contributed by atoms with van der Waals surface area (Å²) in [4.78, 5) is 0. The van der Waals surface area contributed by atoms with Gasteiger partial charge >= 0.3 is 0 Å². The lowest BCUT2D eigenvalue weighted by molar-refractivity contribution is 0.494. The van der Waals surface area contributed by atoms with Crippen molar-refractivity contribution >= 4 is 192 Å². The lowest BCUT2D eigenvalue weighted by atomic mass is 9.30. The molecule has 0 unspecified atom stereocenters. The molecule has 0 fully saturated rings. The number of nitrogens with zero attached hydrogens (tertiary/aromatic N) is 3. The Balaban J connectivity index is 1.02. The monoisotopic (exact) mass is 942 g/mol. The van der Waals surface area contributed by atoms with Gasteiger partial charge in [0.25, 0.3) is 20.1 Å². The second-order valence-corrected chi connectivity index (χ2v) is 22.6. The van der Waals surface area contributed by atoms with Gasteiger partial charge in [0, 0.05) is 76.9 Å². The zero-order chi connectivity index (χ0) is 44.0. The number of fused-ring (bicyclic) bond motifs is 16. The van der Waals surface area contributed by atoms with Gasteiger partial charge in [0.1, 0.15) is 23.0 Å². The van der Waals surface area contributed by atoms with Crippen LogP contribution in [-0.4, -0.2) is 38.9 Å². The Morgan fingerprint density at radius 2 is 0.924 bits per heavy atom. The average Bonchev–Trinajstić information content (AvgIpc) is 3.88. The minimum atomic E-state index is -0.0214. The van der Waals surface area contributed by atoms with Crippen LogP contribution in [0.1, 0.15) is 16.7 Å². The lowest BCUT2D eigenvalue weighted by Gasteiger charge is -2.45. The number of nitrogens with one attached hydrogen (secondary N) is 1. The first-order chi connectivity index (χ1) is 32.3. The number of benzene rings is 7. The van der Waals surface area contributed by atoms with Gasteiger partial charge in [0.05, 0.1) is 17.1 Å². The highest BCUT2D eigenvalue weighted by atomic mass is 32.2. The topological polar surface area (TPSA) is 40.2 Å². The summed E-state index contributed by atoms with van der Waals surface area (Å²) in [7, 11) is 0. The maximum Gasteiger partial charge on any atom is 0.268 e. The van der Waals surface area contributed by atoms with Crippen molar-refractivity contribution in [3.8, 4) is 23.0 Å². The molecule has 2 aromatic heterocycles. The third-order valence-corrected chi connectivity index (χ3v) is 19.3. The van der Waals surface area contributed by atoms with Crippen molar-refractivity contribution in [2.75, 3.05) is 37.0 Å². The molecule has 7 aromatic carbocycles. The molecule has 15 rings (SSSR count). The maximum absolute atomic E-state index is 7.01. The number of hydrogen-bond donors (Lipinski definition) is 1. The van der Waals surface area contributed by atoms with Crippen LogP contribution in [0.4, 0.5) is 45.5 Å². The quantitative estimate of drug-likeness (QED) is 0.138. The number of ether oxygens (including phenoxy) is 2. The molecule has 66 heavy (non-hydrogen) atoms.